The average molecular weight is 416 g/mol. The minimum Gasteiger partial charge on any atom is -0.465 e. The van der Waals surface area contributed by atoms with Gasteiger partial charge in [-0.2, -0.15) is 0 Å². The molecular weight excluding hydrogens is 394 g/mol. The third kappa shape index (κ3) is 3.99. The normalized spacial score (nSPS) is 15.2. The number of rotatable bonds is 4. The van der Waals surface area contributed by atoms with Crippen LogP contribution >= 0.6 is 22.9 Å². The van der Waals surface area contributed by atoms with Crippen LogP contribution in [-0.2, 0) is 11.3 Å². The van der Waals surface area contributed by atoms with E-state index in [0.29, 0.717) is 5.56 Å². The van der Waals surface area contributed by atoms with Crippen LogP contribution in [0.15, 0.2) is 36.4 Å². The van der Waals surface area contributed by atoms with Crippen molar-refractivity contribution in [3.05, 3.63) is 58.1 Å². The summed E-state index contributed by atoms with van der Waals surface area (Å²) in [6.07, 6.45) is 0. The van der Waals surface area contributed by atoms with Crippen molar-refractivity contribution in [2.24, 2.45) is 0 Å². The van der Waals surface area contributed by atoms with Crippen LogP contribution in [0.1, 0.15) is 21.5 Å². The lowest BCUT2D eigenvalue weighted by Crippen LogP contribution is -2.46. The largest absolute Gasteiger partial charge is 0.465 e. The smallest absolute Gasteiger partial charge is 0.337 e. The quantitative estimate of drug-likeness (QED) is 0.592. The highest BCUT2D eigenvalue weighted by atomic mass is 35.5. The molecule has 0 N–H and O–H groups in total. The van der Waals surface area contributed by atoms with Gasteiger partial charge in [-0.25, -0.2) is 9.78 Å². The molecule has 1 aliphatic heterocycles. The van der Waals surface area contributed by atoms with Gasteiger partial charge < -0.3 is 9.64 Å². The molecule has 7 heteroatoms. The van der Waals surface area contributed by atoms with Gasteiger partial charge in [0.1, 0.15) is 0 Å². The van der Waals surface area contributed by atoms with Crippen LogP contribution in [-0.4, -0.2) is 49.1 Å². The highest BCUT2D eigenvalue weighted by Crippen LogP contribution is 2.31. The standard InChI is InChI=1S/C21H22ClN3O2S/c1-14-3-4-15(20(26)27-2)11-16(14)13-24-7-9-25(10-8-24)21-23-18-6-5-17(22)12-19(18)28-21/h3-6,11-12H,7-10,13H2,1-2H3. The minimum absolute atomic E-state index is 0.290. The van der Waals surface area contributed by atoms with E-state index in [-0.39, 0.29) is 5.97 Å². The first kappa shape index (κ1) is 19.2. The number of hydrogen-bond acceptors (Lipinski definition) is 6. The van der Waals surface area contributed by atoms with E-state index in [0.717, 1.165) is 53.1 Å². The number of methoxy groups -OCH3 is 1. The monoisotopic (exact) mass is 415 g/mol. The first-order valence-corrected chi connectivity index (χ1v) is 10.4. The van der Waals surface area contributed by atoms with Crippen LogP contribution in [0.3, 0.4) is 0 Å². The molecule has 146 valence electrons. The number of esters is 1. The summed E-state index contributed by atoms with van der Waals surface area (Å²) < 4.78 is 5.97. The molecule has 0 spiro atoms. The second-order valence-electron chi connectivity index (χ2n) is 7.00. The van der Waals surface area contributed by atoms with Crippen molar-refractivity contribution >= 4 is 44.3 Å². The molecule has 0 unspecified atom stereocenters. The Morgan fingerprint density at radius 1 is 1.18 bits per heavy atom. The maximum absolute atomic E-state index is 11.8. The molecule has 0 saturated carbocycles. The number of carbonyl (C=O) groups is 1. The van der Waals surface area contributed by atoms with Crippen LogP contribution in [0.25, 0.3) is 10.2 Å². The molecule has 3 aromatic rings. The first-order valence-electron chi connectivity index (χ1n) is 9.25. The second kappa shape index (κ2) is 8.07. The number of hydrogen-bond donors (Lipinski definition) is 0. The summed E-state index contributed by atoms with van der Waals surface area (Å²) in [6.45, 7) is 6.70. The third-order valence-electron chi connectivity index (χ3n) is 5.15. The van der Waals surface area contributed by atoms with Gasteiger partial charge in [0.05, 0.1) is 22.9 Å². The Morgan fingerprint density at radius 2 is 1.96 bits per heavy atom. The summed E-state index contributed by atoms with van der Waals surface area (Å²) in [5.41, 5.74) is 3.97. The Hall–Kier alpha value is -2.15. The molecule has 5 nitrogen and oxygen atoms in total. The maximum atomic E-state index is 11.8. The van der Waals surface area contributed by atoms with Gasteiger partial charge in [0.2, 0.25) is 0 Å². The van der Waals surface area contributed by atoms with Crippen molar-refractivity contribution in [3.8, 4) is 0 Å². The molecule has 0 aliphatic carbocycles. The number of thiazole rings is 1. The Balaban J connectivity index is 1.42. The Bertz CT molecular complexity index is 1010. The average Bonchev–Trinajstić information content (AvgIpc) is 3.12. The lowest BCUT2D eigenvalue weighted by molar-refractivity contribution is 0.0600. The SMILES string of the molecule is COC(=O)c1ccc(C)c(CN2CCN(c3nc4ccc(Cl)cc4s3)CC2)c1. The summed E-state index contributed by atoms with van der Waals surface area (Å²) >= 11 is 7.79. The van der Waals surface area contributed by atoms with E-state index in [4.69, 9.17) is 21.3 Å². The number of anilines is 1. The number of piperazine rings is 1. The van der Waals surface area contributed by atoms with Gasteiger partial charge in [-0.15, -0.1) is 0 Å². The molecule has 0 radical (unpaired) electrons. The molecule has 1 aliphatic rings. The van der Waals surface area contributed by atoms with Crippen molar-refractivity contribution in [3.63, 3.8) is 0 Å². The zero-order valence-electron chi connectivity index (χ0n) is 15.9. The zero-order chi connectivity index (χ0) is 19.7. The van der Waals surface area contributed by atoms with E-state index in [1.165, 1.54) is 18.2 Å². The molecule has 1 fully saturated rings. The predicted molar refractivity (Wildman–Crippen MR) is 115 cm³/mol. The van der Waals surface area contributed by atoms with E-state index < -0.39 is 0 Å². The number of ether oxygens (including phenoxy) is 1. The van der Waals surface area contributed by atoms with Crippen LogP contribution < -0.4 is 4.90 Å². The van der Waals surface area contributed by atoms with Crippen LogP contribution in [0.2, 0.25) is 5.02 Å². The number of carbonyl (C=O) groups excluding carboxylic acids is 1. The number of fused-ring (bicyclic) bond motifs is 1. The van der Waals surface area contributed by atoms with Crippen LogP contribution in [0, 0.1) is 6.92 Å². The van der Waals surface area contributed by atoms with Gasteiger partial charge >= 0.3 is 5.97 Å². The molecule has 0 amide bonds. The summed E-state index contributed by atoms with van der Waals surface area (Å²) in [5.74, 6) is -0.290. The molecule has 4 rings (SSSR count). The molecule has 1 aromatic heterocycles. The van der Waals surface area contributed by atoms with Crippen molar-refractivity contribution in [1.82, 2.24) is 9.88 Å². The highest BCUT2D eigenvalue weighted by Gasteiger charge is 2.21. The van der Waals surface area contributed by atoms with E-state index in [1.54, 1.807) is 11.3 Å². The number of benzene rings is 2. The van der Waals surface area contributed by atoms with E-state index in [9.17, 15) is 4.79 Å². The first-order chi connectivity index (χ1) is 13.5. The van der Waals surface area contributed by atoms with E-state index >= 15 is 0 Å². The Morgan fingerprint density at radius 3 is 2.71 bits per heavy atom. The molecule has 2 heterocycles. The molecule has 1 saturated heterocycles. The fourth-order valence-corrected chi connectivity index (χ4v) is 4.74. The minimum atomic E-state index is -0.290. The number of nitrogens with zero attached hydrogens (tertiary/aromatic N) is 3. The second-order valence-corrected chi connectivity index (χ2v) is 8.45. The van der Waals surface area contributed by atoms with Gasteiger partial charge in [0.15, 0.2) is 5.13 Å². The predicted octanol–water partition coefficient (Wildman–Crippen LogP) is 4.37. The molecule has 28 heavy (non-hydrogen) atoms. The number of aromatic nitrogens is 1. The van der Waals surface area contributed by atoms with Gasteiger partial charge in [-0.3, -0.25) is 4.90 Å². The van der Waals surface area contributed by atoms with Crippen molar-refractivity contribution in [1.29, 1.82) is 0 Å². The van der Waals surface area contributed by atoms with Crippen molar-refractivity contribution in [2.45, 2.75) is 13.5 Å². The zero-order valence-corrected chi connectivity index (χ0v) is 17.5. The number of halogens is 1. The molecule has 2 aromatic carbocycles. The summed E-state index contributed by atoms with van der Waals surface area (Å²) in [7, 11) is 1.41. The van der Waals surface area contributed by atoms with E-state index in [1.807, 2.05) is 36.4 Å². The lowest BCUT2D eigenvalue weighted by Gasteiger charge is -2.34. The van der Waals surface area contributed by atoms with Crippen LogP contribution in [0.5, 0.6) is 0 Å². The van der Waals surface area contributed by atoms with Crippen molar-refractivity contribution < 1.29 is 9.53 Å². The molecular formula is C21H22ClN3O2S. The fraction of sp³-hybridized carbons (Fsp3) is 0.333. The Kier molecular flexibility index (Phi) is 5.53. The summed E-state index contributed by atoms with van der Waals surface area (Å²) in [6, 6.07) is 11.6. The Labute approximate surface area is 173 Å². The topological polar surface area (TPSA) is 45.7 Å². The third-order valence-corrected chi connectivity index (χ3v) is 6.46. The summed E-state index contributed by atoms with van der Waals surface area (Å²) in [5, 5.41) is 1.80. The lowest BCUT2D eigenvalue weighted by atomic mass is 10.0. The number of aryl methyl sites for hydroxylation is 1. The highest BCUT2D eigenvalue weighted by molar-refractivity contribution is 7.22. The van der Waals surface area contributed by atoms with Gasteiger partial charge in [0, 0.05) is 37.7 Å². The van der Waals surface area contributed by atoms with Gasteiger partial charge in [0.25, 0.3) is 0 Å². The van der Waals surface area contributed by atoms with Gasteiger partial charge in [-0.05, 0) is 48.4 Å². The summed E-state index contributed by atoms with van der Waals surface area (Å²) in [4.78, 5) is 21.3. The van der Waals surface area contributed by atoms with Crippen molar-refractivity contribution in [2.75, 3.05) is 38.2 Å². The van der Waals surface area contributed by atoms with E-state index in [2.05, 4.69) is 16.7 Å². The van der Waals surface area contributed by atoms with Crippen LogP contribution in [0.4, 0.5) is 5.13 Å². The molecule has 0 bridgehead atoms. The van der Waals surface area contributed by atoms with Gasteiger partial charge in [-0.1, -0.05) is 29.0 Å². The fourth-order valence-electron chi connectivity index (χ4n) is 3.45. The maximum Gasteiger partial charge on any atom is 0.337 e. The molecule has 0 atom stereocenters.